The maximum absolute atomic E-state index is 11.3. The SMILES string of the molecule is CN1CCC[C@@H](COc2ccnc3[nH]cc(-c4ccc(CNS(C)(=O)=O)cc4)c23)C1. The van der Waals surface area contributed by atoms with Gasteiger partial charge in [0, 0.05) is 37.0 Å². The van der Waals surface area contributed by atoms with Crippen molar-refractivity contribution in [3.63, 3.8) is 0 Å². The van der Waals surface area contributed by atoms with Gasteiger partial charge in [0.15, 0.2) is 0 Å². The molecule has 4 rings (SSSR count). The second-order valence-electron chi connectivity index (χ2n) is 8.11. The van der Waals surface area contributed by atoms with Crippen LogP contribution in [0.1, 0.15) is 18.4 Å². The number of sulfonamides is 1. The number of H-pyrrole nitrogens is 1. The topological polar surface area (TPSA) is 87.3 Å². The predicted octanol–water partition coefficient (Wildman–Crippen LogP) is 3.00. The number of fused-ring (bicyclic) bond motifs is 1. The first kappa shape index (κ1) is 20.8. The molecule has 0 radical (unpaired) electrons. The highest BCUT2D eigenvalue weighted by Crippen LogP contribution is 2.35. The number of hydrogen-bond acceptors (Lipinski definition) is 5. The number of piperidine rings is 1. The molecule has 1 aliphatic heterocycles. The molecule has 1 atom stereocenters. The predicted molar refractivity (Wildman–Crippen MR) is 119 cm³/mol. The average molecular weight is 429 g/mol. The van der Waals surface area contributed by atoms with Crippen molar-refractivity contribution in [2.24, 2.45) is 5.92 Å². The number of aromatic nitrogens is 2. The molecule has 2 N–H and O–H groups in total. The Balaban J connectivity index is 1.54. The van der Waals surface area contributed by atoms with Crippen molar-refractivity contribution in [1.82, 2.24) is 19.6 Å². The molecular formula is C22H28N4O3S. The third-order valence-electron chi connectivity index (χ3n) is 5.54. The lowest BCUT2D eigenvalue weighted by Crippen LogP contribution is -2.34. The Kier molecular flexibility index (Phi) is 6.08. The van der Waals surface area contributed by atoms with Crippen LogP contribution >= 0.6 is 0 Å². The summed E-state index contributed by atoms with van der Waals surface area (Å²) in [6.45, 7) is 3.20. The van der Waals surface area contributed by atoms with Gasteiger partial charge in [-0.15, -0.1) is 0 Å². The van der Waals surface area contributed by atoms with E-state index in [4.69, 9.17) is 4.74 Å². The van der Waals surface area contributed by atoms with E-state index in [1.165, 1.54) is 12.8 Å². The third kappa shape index (κ3) is 5.00. The van der Waals surface area contributed by atoms with Gasteiger partial charge in [0.1, 0.15) is 11.4 Å². The van der Waals surface area contributed by atoms with Crippen LogP contribution in [0.3, 0.4) is 0 Å². The number of nitrogens with one attached hydrogen (secondary N) is 2. The molecule has 1 aromatic carbocycles. The van der Waals surface area contributed by atoms with Crippen LogP contribution in [0.2, 0.25) is 0 Å². The minimum absolute atomic E-state index is 0.277. The second kappa shape index (κ2) is 8.75. The monoisotopic (exact) mass is 428 g/mol. The molecule has 0 bridgehead atoms. The molecule has 0 aliphatic carbocycles. The van der Waals surface area contributed by atoms with Crippen LogP contribution in [0.15, 0.2) is 42.7 Å². The summed E-state index contributed by atoms with van der Waals surface area (Å²) in [6.07, 6.45) is 7.29. The molecule has 2 aromatic heterocycles. The fourth-order valence-electron chi connectivity index (χ4n) is 4.01. The summed E-state index contributed by atoms with van der Waals surface area (Å²) in [5.41, 5.74) is 3.75. The van der Waals surface area contributed by atoms with E-state index in [0.717, 1.165) is 52.8 Å². The molecule has 0 saturated carbocycles. The molecule has 0 spiro atoms. The van der Waals surface area contributed by atoms with Gasteiger partial charge in [0.25, 0.3) is 0 Å². The quantitative estimate of drug-likeness (QED) is 0.604. The number of ether oxygens (including phenoxy) is 1. The molecule has 1 aliphatic rings. The van der Waals surface area contributed by atoms with E-state index < -0.39 is 10.0 Å². The first-order valence-corrected chi connectivity index (χ1v) is 12.1. The number of pyridine rings is 1. The summed E-state index contributed by atoms with van der Waals surface area (Å²) in [4.78, 5) is 10.1. The normalized spacial score (nSPS) is 18.0. The van der Waals surface area contributed by atoms with Crippen molar-refractivity contribution in [3.05, 3.63) is 48.3 Å². The smallest absolute Gasteiger partial charge is 0.209 e. The average Bonchev–Trinajstić information content (AvgIpc) is 3.15. The van der Waals surface area contributed by atoms with Gasteiger partial charge in [-0.3, -0.25) is 0 Å². The zero-order valence-electron chi connectivity index (χ0n) is 17.4. The fourth-order valence-corrected chi connectivity index (χ4v) is 4.44. The Morgan fingerprint density at radius 2 is 2.07 bits per heavy atom. The highest BCUT2D eigenvalue weighted by molar-refractivity contribution is 7.88. The number of hydrogen-bond donors (Lipinski definition) is 2. The van der Waals surface area contributed by atoms with Crippen LogP contribution in [0.4, 0.5) is 0 Å². The van der Waals surface area contributed by atoms with E-state index in [2.05, 4.69) is 26.6 Å². The van der Waals surface area contributed by atoms with Crippen molar-refractivity contribution < 1.29 is 13.2 Å². The molecule has 3 heterocycles. The fraction of sp³-hybridized carbons (Fsp3) is 0.409. The number of rotatable bonds is 7. The first-order valence-electron chi connectivity index (χ1n) is 10.2. The Morgan fingerprint density at radius 3 is 2.80 bits per heavy atom. The lowest BCUT2D eigenvalue weighted by Gasteiger charge is -2.29. The number of likely N-dealkylation sites (tertiary alicyclic amines) is 1. The standard InChI is InChI=1S/C22H28N4O3S/c1-26-11-3-4-17(14-26)15-29-20-9-10-23-22-21(20)19(13-24-22)18-7-5-16(6-8-18)12-25-30(2,27)28/h5-10,13,17,25H,3-4,11-12,14-15H2,1-2H3,(H,23,24)/t17-/m1/s1. The van der Waals surface area contributed by atoms with Crippen LogP contribution in [-0.4, -0.2) is 56.3 Å². The molecule has 30 heavy (non-hydrogen) atoms. The molecule has 1 saturated heterocycles. The van der Waals surface area contributed by atoms with Gasteiger partial charge < -0.3 is 14.6 Å². The minimum atomic E-state index is -3.21. The molecule has 160 valence electrons. The molecule has 0 unspecified atom stereocenters. The van der Waals surface area contributed by atoms with Crippen molar-refractivity contribution >= 4 is 21.1 Å². The molecule has 7 nitrogen and oxygen atoms in total. The summed E-state index contributed by atoms with van der Waals surface area (Å²) in [5.74, 6) is 1.38. The van der Waals surface area contributed by atoms with Gasteiger partial charge in [-0.05, 0) is 43.6 Å². The van der Waals surface area contributed by atoms with Gasteiger partial charge in [-0.1, -0.05) is 24.3 Å². The highest BCUT2D eigenvalue weighted by Gasteiger charge is 2.19. The lowest BCUT2D eigenvalue weighted by atomic mass is 9.99. The highest BCUT2D eigenvalue weighted by atomic mass is 32.2. The van der Waals surface area contributed by atoms with Gasteiger partial charge in [-0.2, -0.15) is 0 Å². The van der Waals surface area contributed by atoms with Gasteiger partial charge in [0.05, 0.1) is 18.2 Å². The van der Waals surface area contributed by atoms with Gasteiger partial charge >= 0.3 is 0 Å². The van der Waals surface area contributed by atoms with E-state index in [1.54, 1.807) is 6.20 Å². The van der Waals surface area contributed by atoms with E-state index in [9.17, 15) is 8.42 Å². The molecule has 0 amide bonds. The van der Waals surface area contributed by atoms with Crippen LogP contribution in [0, 0.1) is 5.92 Å². The van der Waals surface area contributed by atoms with Gasteiger partial charge in [0.2, 0.25) is 10.0 Å². The number of nitrogens with zero attached hydrogens (tertiary/aromatic N) is 2. The number of aromatic amines is 1. The first-order chi connectivity index (χ1) is 14.4. The van der Waals surface area contributed by atoms with Crippen LogP contribution in [0.5, 0.6) is 5.75 Å². The molecular weight excluding hydrogens is 400 g/mol. The lowest BCUT2D eigenvalue weighted by molar-refractivity contribution is 0.151. The zero-order chi connectivity index (χ0) is 21.1. The van der Waals surface area contributed by atoms with Crippen molar-refractivity contribution in [1.29, 1.82) is 0 Å². The van der Waals surface area contributed by atoms with E-state index >= 15 is 0 Å². The zero-order valence-corrected chi connectivity index (χ0v) is 18.2. The van der Waals surface area contributed by atoms with Crippen molar-refractivity contribution in [2.45, 2.75) is 19.4 Å². The van der Waals surface area contributed by atoms with E-state index in [-0.39, 0.29) is 6.54 Å². The number of benzene rings is 1. The summed E-state index contributed by atoms with van der Waals surface area (Å²) in [5, 5.41) is 0.976. The Hall–Kier alpha value is -2.42. The van der Waals surface area contributed by atoms with Gasteiger partial charge in [-0.25, -0.2) is 18.1 Å². The van der Waals surface area contributed by atoms with E-state index in [0.29, 0.717) is 12.5 Å². The van der Waals surface area contributed by atoms with Crippen LogP contribution in [-0.2, 0) is 16.6 Å². The molecule has 8 heteroatoms. The molecule has 3 aromatic rings. The summed E-state index contributed by atoms with van der Waals surface area (Å²) in [7, 11) is -1.05. The van der Waals surface area contributed by atoms with Crippen molar-refractivity contribution in [2.75, 3.05) is 33.0 Å². The Labute approximate surface area is 177 Å². The largest absolute Gasteiger partial charge is 0.492 e. The second-order valence-corrected chi connectivity index (χ2v) is 9.94. The maximum Gasteiger partial charge on any atom is 0.209 e. The van der Waals surface area contributed by atoms with Crippen LogP contribution in [0.25, 0.3) is 22.2 Å². The third-order valence-corrected chi connectivity index (χ3v) is 6.20. The van der Waals surface area contributed by atoms with E-state index in [1.807, 2.05) is 36.5 Å². The Morgan fingerprint density at radius 1 is 1.27 bits per heavy atom. The van der Waals surface area contributed by atoms with Crippen LogP contribution < -0.4 is 9.46 Å². The summed E-state index contributed by atoms with van der Waals surface area (Å²) < 4.78 is 31.4. The summed E-state index contributed by atoms with van der Waals surface area (Å²) in [6, 6.07) is 9.78. The summed E-state index contributed by atoms with van der Waals surface area (Å²) >= 11 is 0. The van der Waals surface area contributed by atoms with Crippen molar-refractivity contribution in [3.8, 4) is 16.9 Å². The Bertz CT molecular complexity index is 1110. The minimum Gasteiger partial charge on any atom is -0.492 e. The maximum atomic E-state index is 11.3. The molecule has 1 fully saturated rings.